The molecule has 8 heavy (non-hydrogen) atoms. The van der Waals surface area contributed by atoms with Crippen LogP contribution < -0.4 is 5.73 Å². The van der Waals surface area contributed by atoms with E-state index in [4.69, 9.17) is 10.8 Å². The van der Waals surface area contributed by atoms with Crippen molar-refractivity contribution in [2.24, 2.45) is 10.7 Å². The molecule has 0 saturated carbocycles. The first kappa shape index (κ1) is 5.91. The van der Waals surface area contributed by atoms with E-state index in [0.717, 1.165) is 5.75 Å². The van der Waals surface area contributed by atoms with Crippen LogP contribution in [-0.2, 0) is 0 Å². The Balaban J connectivity index is 2.41. The Labute approximate surface area is 52.0 Å². The van der Waals surface area contributed by atoms with E-state index in [1.807, 2.05) is 0 Å². The summed E-state index contributed by atoms with van der Waals surface area (Å²) in [5, 5.41) is 9.11. The number of hydrogen-bond donors (Lipinski definition) is 2. The average molecular weight is 132 g/mol. The highest BCUT2D eigenvalue weighted by Gasteiger charge is 2.13. The lowest BCUT2D eigenvalue weighted by Gasteiger charge is -1.94. The molecule has 0 aromatic carbocycles. The molecule has 0 radical (unpaired) electrons. The topological polar surface area (TPSA) is 58.6 Å². The second-order valence-electron chi connectivity index (χ2n) is 1.61. The van der Waals surface area contributed by atoms with Crippen molar-refractivity contribution in [1.29, 1.82) is 0 Å². The fraction of sp³-hybridized carbons (Fsp3) is 0.750. The molecule has 0 saturated heterocycles. The number of nitrogens with two attached hydrogens (primary N) is 1. The Hall–Kier alpha value is -0.220. The number of aliphatic hydroxyl groups excluding tert-OH is 1. The van der Waals surface area contributed by atoms with Crippen molar-refractivity contribution >= 4 is 16.9 Å². The molecule has 0 aromatic heterocycles. The van der Waals surface area contributed by atoms with Crippen molar-refractivity contribution in [2.75, 3.05) is 12.4 Å². The predicted molar refractivity (Wildman–Crippen MR) is 35.0 cm³/mol. The summed E-state index contributed by atoms with van der Waals surface area (Å²) in [7, 11) is 0. The van der Waals surface area contributed by atoms with Crippen LogP contribution in [0.4, 0.5) is 0 Å². The van der Waals surface area contributed by atoms with Crippen molar-refractivity contribution in [1.82, 2.24) is 0 Å². The summed E-state index contributed by atoms with van der Waals surface area (Å²) in [6.07, 6.45) is 0. The Kier molecular flexibility index (Phi) is 1.75. The van der Waals surface area contributed by atoms with Gasteiger partial charge in [0, 0.05) is 5.75 Å². The summed E-state index contributed by atoms with van der Waals surface area (Å²) in [5.41, 5.74) is 5.30. The molecular formula is C4H8N2OS. The maximum atomic E-state index is 8.51. The lowest BCUT2D eigenvalue weighted by molar-refractivity contribution is 0.277. The van der Waals surface area contributed by atoms with Crippen molar-refractivity contribution in [2.45, 2.75) is 6.04 Å². The van der Waals surface area contributed by atoms with Crippen LogP contribution in [0.3, 0.4) is 0 Å². The number of aliphatic imine (C=N–C) groups is 1. The molecule has 0 spiro atoms. The molecule has 3 N–H and O–H groups in total. The van der Waals surface area contributed by atoms with Crippen LogP contribution in [0.2, 0.25) is 0 Å². The molecule has 1 aliphatic rings. The van der Waals surface area contributed by atoms with Gasteiger partial charge in [-0.3, -0.25) is 4.99 Å². The van der Waals surface area contributed by atoms with E-state index in [0.29, 0.717) is 5.17 Å². The van der Waals surface area contributed by atoms with Crippen LogP contribution in [0, 0.1) is 0 Å². The van der Waals surface area contributed by atoms with E-state index in [1.54, 1.807) is 0 Å². The number of nitrogens with zero attached hydrogens (tertiary/aromatic N) is 1. The van der Waals surface area contributed by atoms with E-state index in [1.165, 1.54) is 11.8 Å². The first-order chi connectivity index (χ1) is 3.83. The first-order valence-corrected chi connectivity index (χ1v) is 3.38. The summed E-state index contributed by atoms with van der Waals surface area (Å²) < 4.78 is 0. The molecule has 0 bridgehead atoms. The van der Waals surface area contributed by atoms with Gasteiger partial charge in [-0.25, -0.2) is 0 Å². The summed E-state index contributed by atoms with van der Waals surface area (Å²) in [6, 6.07) is 0.0556. The number of aliphatic hydroxyl groups is 1. The second kappa shape index (κ2) is 2.37. The maximum Gasteiger partial charge on any atom is 0.154 e. The molecule has 1 rings (SSSR count). The molecule has 1 heterocycles. The predicted octanol–water partition coefficient (Wildman–Crippen LogP) is -0.591. The van der Waals surface area contributed by atoms with Crippen LogP contribution >= 0.6 is 11.8 Å². The normalized spacial score (nSPS) is 28.1. The third-order valence-electron chi connectivity index (χ3n) is 0.944. The standard InChI is InChI=1S/C4H8N2OS/c5-4-6-3(1-7)2-8-4/h3,7H,1-2H2,(H2,5,6)/t3-/m0/s1. The lowest BCUT2D eigenvalue weighted by atomic mass is 10.4. The minimum Gasteiger partial charge on any atom is -0.394 e. The van der Waals surface area contributed by atoms with Crippen LogP contribution in [0.5, 0.6) is 0 Å². The van der Waals surface area contributed by atoms with E-state index >= 15 is 0 Å². The van der Waals surface area contributed by atoms with Gasteiger partial charge in [-0.2, -0.15) is 0 Å². The zero-order valence-electron chi connectivity index (χ0n) is 4.37. The van der Waals surface area contributed by atoms with Gasteiger partial charge in [0.15, 0.2) is 5.17 Å². The fourth-order valence-electron chi connectivity index (χ4n) is 0.530. The SMILES string of the molecule is NC1=N[C@@H](CO)CS1. The molecule has 3 nitrogen and oxygen atoms in total. The van der Waals surface area contributed by atoms with Gasteiger partial charge < -0.3 is 10.8 Å². The van der Waals surface area contributed by atoms with Gasteiger partial charge in [-0.15, -0.1) is 0 Å². The van der Waals surface area contributed by atoms with E-state index in [2.05, 4.69) is 4.99 Å². The second-order valence-corrected chi connectivity index (χ2v) is 2.66. The molecule has 1 atom stereocenters. The van der Waals surface area contributed by atoms with Gasteiger partial charge in [0.1, 0.15) is 0 Å². The monoisotopic (exact) mass is 132 g/mol. The molecule has 1 aliphatic heterocycles. The molecule has 0 aromatic rings. The molecule has 4 heteroatoms. The molecule has 0 fully saturated rings. The van der Waals surface area contributed by atoms with Crippen LogP contribution in [0.1, 0.15) is 0 Å². The zero-order valence-corrected chi connectivity index (χ0v) is 5.19. The summed E-state index contributed by atoms with van der Waals surface area (Å²) in [5.74, 6) is 0.836. The number of hydrogen-bond acceptors (Lipinski definition) is 4. The quantitative estimate of drug-likeness (QED) is 0.501. The lowest BCUT2D eigenvalue weighted by Crippen LogP contribution is -2.08. The van der Waals surface area contributed by atoms with Gasteiger partial charge in [0.2, 0.25) is 0 Å². The van der Waals surface area contributed by atoms with Crippen molar-refractivity contribution < 1.29 is 5.11 Å². The van der Waals surface area contributed by atoms with Gasteiger partial charge in [0.25, 0.3) is 0 Å². The third kappa shape index (κ3) is 1.14. The van der Waals surface area contributed by atoms with Crippen molar-refractivity contribution in [3.8, 4) is 0 Å². The minimum atomic E-state index is 0.0556. The Morgan fingerprint density at radius 3 is 3.00 bits per heavy atom. The van der Waals surface area contributed by atoms with Gasteiger partial charge >= 0.3 is 0 Å². The molecule has 46 valence electrons. The van der Waals surface area contributed by atoms with Gasteiger partial charge in [-0.05, 0) is 0 Å². The third-order valence-corrected chi connectivity index (χ3v) is 1.90. The Bertz CT molecular complexity index is 115. The highest BCUT2D eigenvalue weighted by Crippen LogP contribution is 2.13. The van der Waals surface area contributed by atoms with Gasteiger partial charge in [-0.1, -0.05) is 11.8 Å². The average Bonchev–Trinajstić information content (AvgIpc) is 2.14. The van der Waals surface area contributed by atoms with Crippen molar-refractivity contribution in [3.05, 3.63) is 0 Å². The van der Waals surface area contributed by atoms with Crippen LogP contribution in [-0.4, -0.2) is 28.7 Å². The number of amidine groups is 1. The zero-order chi connectivity index (χ0) is 5.98. The Morgan fingerprint density at radius 2 is 2.75 bits per heavy atom. The fourth-order valence-corrected chi connectivity index (χ4v) is 1.30. The number of thioether (sulfide) groups is 1. The maximum absolute atomic E-state index is 8.51. The van der Waals surface area contributed by atoms with E-state index in [-0.39, 0.29) is 12.6 Å². The van der Waals surface area contributed by atoms with E-state index < -0.39 is 0 Å². The number of rotatable bonds is 1. The summed E-state index contributed by atoms with van der Waals surface area (Å²) in [4.78, 5) is 3.91. The summed E-state index contributed by atoms with van der Waals surface area (Å²) >= 11 is 1.50. The van der Waals surface area contributed by atoms with E-state index in [9.17, 15) is 0 Å². The largest absolute Gasteiger partial charge is 0.394 e. The van der Waals surface area contributed by atoms with Crippen LogP contribution in [0.25, 0.3) is 0 Å². The highest BCUT2D eigenvalue weighted by atomic mass is 32.2. The molecule has 0 aliphatic carbocycles. The molecule has 0 unspecified atom stereocenters. The van der Waals surface area contributed by atoms with Crippen LogP contribution in [0.15, 0.2) is 4.99 Å². The Morgan fingerprint density at radius 1 is 2.00 bits per heavy atom. The summed E-state index contributed by atoms with van der Waals surface area (Å²) in [6.45, 7) is 0.119. The highest BCUT2D eigenvalue weighted by molar-refractivity contribution is 8.14. The van der Waals surface area contributed by atoms with Crippen molar-refractivity contribution in [3.63, 3.8) is 0 Å². The molecule has 0 amide bonds. The first-order valence-electron chi connectivity index (χ1n) is 2.40. The smallest absolute Gasteiger partial charge is 0.154 e. The molecular weight excluding hydrogens is 124 g/mol. The minimum absolute atomic E-state index is 0.0556. The van der Waals surface area contributed by atoms with Gasteiger partial charge in [0.05, 0.1) is 12.6 Å².